The average molecular weight is 260 g/mol. The average Bonchev–Trinajstić information content (AvgIpc) is 2.83. The molecule has 0 fully saturated rings. The van der Waals surface area contributed by atoms with Crippen molar-refractivity contribution < 1.29 is 9.32 Å². The van der Waals surface area contributed by atoms with E-state index in [2.05, 4.69) is 20.8 Å². The number of hydrogen-bond donors (Lipinski definition) is 2. The summed E-state index contributed by atoms with van der Waals surface area (Å²) in [6.45, 7) is 4.06. The molecule has 2 aromatic rings. The molecule has 2 amide bonds. The van der Waals surface area contributed by atoms with Crippen LogP contribution >= 0.6 is 0 Å². The molecule has 0 saturated carbocycles. The third-order valence-electron chi connectivity index (χ3n) is 2.66. The molecule has 0 aliphatic heterocycles. The van der Waals surface area contributed by atoms with Crippen molar-refractivity contribution in [2.75, 3.05) is 0 Å². The lowest BCUT2D eigenvalue weighted by atomic mass is 10.1. The van der Waals surface area contributed by atoms with Crippen LogP contribution in [0.5, 0.6) is 0 Å². The summed E-state index contributed by atoms with van der Waals surface area (Å²) in [5, 5.41) is 9.36. The smallest absolute Gasteiger partial charge is 0.315 e. The Hall–Kier alpha value is -2.37. The Labute approximate surface area is 111 Å². The second-order valence-corrected chi connectivity index (χ2v) is 4.26. The van der Waals surface area contributed by atoms with Crippen molar-refractivity contribution in [3.63, 3.8) is 0 Å². The minimum atomic E-state index is -0.245. The van der Waals surface area contributed by atoms with Gasteiger partial charge in [-0.05, 0) is 31.5 Å². The van der Waals surface area contributed by atoms with Crippen molar-refractivity contribution in [3.8, 4) is 0 Å². The van der Waals surface area contributed by atoms with Gasteiger partial charge in [-0.2, -0.15) is 0 Å². The maximum absolute atomic E-state index is 11.7. The van der Waals surface area contributed by atoms with Gasteiger partial charge in [0.1, 0.15) is 11.5 Å². The Kier molecular flexibility index (Phi) is 4.12. The zero-order chi connectivity index (χ0) is 13.7. The summed E-state index contributed by atoms with van der Waals surface area (Å²) in [5.41, 5.74) is 1.70. The van der Waals surface area contributed by atoms with Gasteiger partial charge in [-0.1, -0.05) is 5.16 Å². The number of carbonyl (C=O) groups is 1. The minimum Gasteiger partial charge on any atom is -0.361 e. The summed E-state index contributed by atoms with van der Waals surface area (Å²) in [6.07, 6.45) is 3.40. The molecule has 2 aromatic heterocycles. The number of aromatic nitrogens is 2. The number of pyridine rings is 1. The Morgan fingerprint density at radius 1 is 1.42 bits per heavy atom. The Bertz CT molecular complexity index is 539. The minimum absolute atomic E-state index is 0.0814. The first-order chi connectivity index (χ1) is 9.15. The van der Waals surface area contributed by atoms with Gasteiger partial charge in [-0.15, -0.1) is 0 Å². The third-order valence-corrected chi connectivity index (χ3v) is 2.66. The fraction of sp³-hybridized carbons (Fsp3) is 0.308. The molecule has 100 valence electrons. The van der Waals surface area contributed by atoms with E-state index in [1.165, 1.54) is 0 Å². The molecule has 2 heterocycles. The van der Waals surface area contributed by atoms with Gasteiger partial charge in [0.05, 0.1) is 12.6 Å². The molecular weight excluding hydrogens is 244 g/mol. The summed E-state index contributed by atoms with van der Waals surface area (Å²) >= 11 is 0. The first-order valence-electron chi connectivity index (χ1n) is 6.01. The van der Waals surface area contributed by atoms with Gasteiger partial charge in [0.15, 0.2) is 0 Å². The van der Waals surface area contributed by atoms with E-state index < -0.39 is 0 Å². The van der Waals surface area contributed by atoms with E-state index in [4.69, 9.17) is 4.52 Å². The monoisotopic (exact) mass is 260 g/mol. The van der Waals surface area contributed by atoms with E-state index in [1.807, 2.05) is 26.0 Å². The first kappa shape index (κ1) is 13.1. The molecule has 6 nitrogen and oxygen atoms in total. The van der Waals surface area contributed by atoms with Crippen LogP contribution in [0.4, 0.5) is 4.79 Å². The van der Waals surface area contributed by atoms with E-state index in [9.17, 15) is 4.79 Å². The summed E-state index contributed by atoms with van der Waals surface area (Å²) in [7, 11) is 0. The van der Waals surface area contributed by atoms with Gasteiger partial charge >= 0.3 is 6.03 Å². The third kappa shape index (κ3) is 3.80. The Morgan fingerprint density at radius 3 is 2.79 bits per heavy atom. The number of aryl methyl sites for hydroxylation is 1. The molecule has 2 rings (SSSR count). The van der Waals surface area contributed by atoms with Gasteiger partial charge in [0, 0.05) is 18.5 Å². The van der Waals surface area contributed by atoms with Crippen LogP contribution in [0.3, 0.4) is 0 Å². The zero-order valence-corrected chi connectivity index (χ0v) is 10.9. The fourth-order valence-electron chi connectivity index (χ4n) is 1.66. The van der Waals surface area contributed by atoms with Gasteiger partial charge in [-0.3, -0.25) is 4.98 Å². The number of nitrogens with zero attached hydrogens (tertiary/aromatic N) is 2. The van der Waals surface area contributed by atoms with Gasteiger partial charge in [-0.25, -0.2) is 4.79 Å². The van der Waals surface area contributed by atoms with Crippen LogP contribution in [-0.4, -0.2) is 16.2 Å². The molecule has 0 spiro atoms. The first-order valence-corrected chi connectivity index (χ1v) is 6.01. The van der Waals surface area contributed by atoms with Crippen LogP contribution in [0.2, 0.25) is 0 Å². The molecule has 0 bridgehead atoms. The maximum atomic E-state index is 11.7. The molecule has 0 aliphatic rings. The SMILES string of the molecule is Cc1cc(CNC(=O)N[C@@H](C)c2ccncc2)no1. The van der Waals surface area contributed by atoms with Crippen LogP contribution < -0.4 is 10.6 Å². The lowest BCUT2D eigenvalue weighted by Crippen LogP contribution is -2.36. The maximum Gasteiger partial charge on any atom is 0.315 e. The molecule has 1 atom stereocenters. The summed E-state index contributed by atoms with van der Waals surface area (Å²) in [6, 6.07) is 5.19. The highest BCUT2D eigenvalue weighted by atomic mass is 16.5. The standard InChI is InChI=1S/C13H16N4O2/c1-9-7-12(17-19-9)8-15-13(18)16-10(2)11-3-5-14-6-4-11/h3-7,10H,8H2,1-2H3,(H2,15,16,18)/t10-/m0/s1. The van der Waals surface area contributed by atoms with Crippen molar-refractivity contribution in [1.29, 1.82) is 0 Å². The number of amides is 2. The van der Waals surface area contributed by atoms with Crippen molar-refractivity contribution in [3.05, 3.63) is 47.6 Å². The molecule has 6 heteroatoms. The molecule has 0 unspecified atom stereocenters. The zero-order valence-electron chi connectivity index (χ0n) is 10.9. The van der Waals surface area contributed by atoms with E-state index in [1.54, 1.807) is 18.5 Å². The molecule has 0 aromatic carbocycles. The van der Waals surface area contributed by atoms with Gasteiger partial charge in [0.25, 0.3) is 0 Å². The molecule has 0 saturated heterocycles. The van der Waals surface area contributed by atoms with Crippen LogP contribution in [-0.2, 0) is 6.54 Å². The Balaban J connectivity index is 1.81. The van der Waals surface area contributed by atoms with Crippen LogP contribution in [0.1, 0.15) is 30.0 Å². The number of carbonyl (C=O) groups excluding carboxylic acids is 1. The highest BCUT2D eigenvalue weighted by molar-refractivity contribution is 5.74. The molecular formula is C13H16N4O2. The normalized spacial score (nSPS) is 11.9. The quantitative estimate of drug-likeness (QED) is 0.880. The number of urea groups is 1. The summed E-state index contributed by atoms with van der Waals surface area (Å²) in [5.74, 6) is 0.724. The van der Waals surface area contributed by atoms with Crippen LogP contribution in [0.25, 0.3) is 0 Å². The molecule has 19 heavy (non-hydrogen) atoms. The van der Waals surface area contributed by atoms with Crippen LogP contribution in [0.15, 0.2) is 35.1 Å². The Morgan fingerprint density at radius 2 is 2.16 bits per heavy atom. The number of nitrogens with one attached hydrogen (secondary N) is 2. The number of rotatable bonds is 4. The van der Waals surface area contributed by atoms with Crippen molar-refractivity contribution >= 4 is 6.03 Å². The van der Waals surface area contributed by atoms with Gasteiger partial charge in [0.2, 0.25) is 0 Å². The predicted octanol–water partition coefficient (Wildman–Crippen LogP) is 1.94. The molecule has 0 radical (unpaired) electrons. The highest BCUT2D eigenvalue weighted by Gasteiger charge is 2.09. The predicted molar refractivity (Wildman–Crippen MR) is 69.3 cm³/mol. The molecule has 0 aliphatic carbocycles. The van der Waals surface area contributed by atoms with Crippen molar-refractivity contribution in [2.24, 2.45) is 0 Å². The second kappa shape index (κ2) is 5.99. The number of hydrogen-bond acceptors (Lipinski definition) is 4. The highest BCUT2D eigenvalue weighted by Crippen LogP contribution is 2.09. The lowest BCUT2D eigenvalue weighted by molar-refractivity contribution is 0.237. The van der Waals surface area contributed by atoms with Gasteiger partial charge < -0.3 is 15.2 Å². The van der Waals surface area contributed by atoms with E-state index >= 15 is 0 Å². The van der Waals surface area contributed by atoms with Crippen molar-refractivity contribution in [2.45, 2.75) is 26.4 Å². The van der Waals surface area contributed by atoms with Crippen LogP contribution in [0, 0.1) is 6.92 Å². The second-order valence-electron chi connectivity index (χ2n) is 4.26. The van der Waals surface area contributed by atoms with E-state index in [0.29, 0.717) is 12.2 Å². The van der Waals surface area contributed by atoms with E-state index in [0.717, 1.165) is 11.3 Å². The van der Waals surface area contributed by atoms with Crippen molar-refractivity contribution in [1.82, 2.24) is 20.8 Å². The topological polar surface area (TPSA) is 80.0 Å². The van der Waals surface area contributed by atoms with E-state index in [-0.39, 0.29) is 12.1 Å². The largest absolute Gasteiger partial charge is 0.361 e. The summed E-state index contributed by atoms with van der Waals surface area (Å²) in [4.78, 5) is 15.6. The fourth-order valence-corrected chi connectivity index (χ4v) is 1.66. The molecule has 2 N–H and O–H groups in total. The summed E-state index contributed by atoms with van der Waals surface area (Å²) < 4.78 is 4.92. The lowest BCUT2D eigenvalue weighted by Gasteiger charge is -2.14.